The summed E-state index contributed by atoms with van der Waals surface area (Å²) < 4.78 is 25.6. The van der Waals surface area contributed by atoms with E-state index in [1.54, 1.807) is 30.5 Å². The minimum Gasteiger partial charge on any atom is -0.299 e. The van der Waals surface area contributed by atoms with Gasteiger partial charge >= 0.3 is 0 Å². The molecule has 0 aliphatic heterocycles. The SMILES string of the molecule is Cc1cccc(-c2nc3ccccn3c2-c2ccnc(-c3ccc(S(C)(=O)=O)cc3)c2)n1. The van der Waals surface area contributed by atoms with Crippen molar-refractivity contribution in [2.24, 2.45) is 0 Å². The number of imidazole rings is 1. The molecule has 0 amide bonds. The molecule has 1 aromatic carbocycles. The first-order chi connectivity index (χ1) is 15.4. The molecule has 6 nitrogen and oxygen atoms in total. The first kappa shape index (κ1) is 20.1. The maximum Gasteiger partial charge on any atom is 0.175 e. The molecule has 5 aromatic rings. The summed E-state index contributed by atoms with van der Waals surface area (Å²) in [6, 6.07) is 22.5. The minimum absolute atomic E-state index is 0.284. The standard InChI is InChI=1S/C25H20N4O2S/c1-17-6-5-7-21(27-17)24-25(29-15-4-3-8-23(29)28-24)19-13-14-26-22(16-19)18-9-11-20(12-10-18)32(2,30)31/h3-16H,1-2H3. The van der Waals surface area contributed by atoms with E-state index in [9.17, 15) is 8.42 Å². The van der Waals surface area contributed by atoms with Crippen LogP contribution in [0.15, 0.2) is 90.1 Å². The fourth-order valence-electron chi connectivity index (χ4n) is 3.73. The van der Waals surface area contributed by atoms with Gasteiger partial charge in [-0.25, -0.2) is 13.4 Å². The molecular formula is C25H20N4O2S. The zero-order valence-corrected chi connectivity index (χ0v) is 18.4. The van der Waals surface area contributed by atoms with Gasteiger partial charge in [0, 0.05) is 35.5 Å². The number of rotatable bonds is 4. The van der Waals surface area contributed by atoms with Gasteiger partial charge < -0.3 is 0 Å². The van der Waals surface area contributed by atoms with E-state index in [-0.39, 0.29) is 4.90 Å². The number of fused-ring (bicyclic) bond motifs is 1. The number of benzene rings is 1. The van der Waals surface area contributed by atoms with E-state index < -0.39 is 9.84 Å². The summed E-state index contributed by atoms with van der Waals surface area (Å²) in [7, 11) is -3.25. The molecule has 0 aliphatic carbocycles. The fraction of sp³-hybridized carbons (Fsp3) is 0.0800. The average Bonchev–Trinajstić information content (AvgIpc) is 3.18. The normalized spacial score (nSPS) is 11.7. The number of hydrogen-bond donors (Lipinski definition) is 0. The molecule has 5 rings (SSSR count). The molecule has 32 heavy (non-hydrogen) atoms. The molecule has 0 aliphatic rings. The van der Waals surface area contributed by atoms with Gasteiger partial charge in [-0.05, 0) is 55.5 Å². The number of aryl methyl sites for hydroxylation is 1. The highest BCUT2D eigenvalue weighted by Crippen LogP contribution is 2.33. The molecule has 4 heterocycles. The molecule has 158 valence electrons. The topological polar surface area (TPSA) is 77.2 Å². The average molecular weight is 441 g/mol. The van der Waals surface area contributed by atoms with Crippen LogP contribution >= 0.6 is 0 Å². The Bertz CT molecular complexity index is 1560. The molecular weight excluding hydrogens is 420 g/mol. The number of hydrogen-bond acceptors (Lipinski definition) is 5. The second-order valence-corrected chi connectivity index (χ2v) is 9.64. The molecule has 0 N–H and O–H groups in total. The molecule has 0 radical (unpaired) electrons. The van der Waals surface area contributed by atoms with Crippen LogP contribution in [0, 0.1) is 6.92 Å². The highest BCUT2D eigenvalue weighted by molar-refractivity contribution is 7.90. The van der Waals surface area contributed by atoms with E-state index >= 15 is 0 Å². The van der Waals surface area contributed by atoms with Gasteiger partial charge in [0.2, 0.25) is 0 Å². The Hall–Kier alpha value is -3.84. The van der Waals surface area contributed by atoms with E-state index in [1.165, 1.54) is 6.26 Å². The number of sulfone groups is 1. The van der Waals surface area contributed by atoms with Gasteiger partial charge in [-0.15, -0.1) is 0 Å². The lowest BCUT2D eigenvalue weighted by Crippen LogP contribution is -1.96. The van der Waals surface area contributed by atoms with Gasteiger partial charge in [0.05, 0.1) is 22.0 Å². The molecule has 0 spiro atoms. The monoisotopic (exact) mass is 440 g/mol. The van der Waals surface area contributed by atoms with Crippen molar-refractivity contribution in [2.45, 2.75) is 11.8 Å². The Kier molecular flexibility index (Phi) is 4.83. The summed E-state index contributed by atoms with van der Waals surface area (Å²) in [5.74, 6) is 0. The van der Waals surface area contributed by atoms with Crippen molar-refractivity contribution in [3.05, 3.63) is 90.9 Å². The summed E-state index contributed by atoms with van der Waals surface area (Å²) in [5.41, 5.74) is 6.81. The van der Waals surface area contributed by atoms with E-state index in [0.717, 1.165) is 45.2 Å². The molecule has 0 atom stereocenters. The summed E-state index contributed by atoms with van der Waals surface area (Å²) in [5, 5.41) is 0. The Morgan fingerprint density at radius 1 is 0.812 bits per heavy atom. The van der Waals surface area contributed by atoms with Gasteiger partial charge in [-0.2, -0.15) is 0 Å². The summed E-state index contributed by atoms with van der Waals surface area (Å²) in [4.78, 5) is 14.3. The van der Waals surface area contributed by atoms with Crippen LogP contribution in [-0.2, 0) is 9.84 Å². The lowest BCUT2D eigenvalue weighted by molar-refractivity contribution is 0.602. The zero-order valence-electron chi connectivity index (χ0n) is 17.6. The van der Waals surface area contributed by atoms with Crippen molar-refractivity contribution in [1.29, 1.82) is 0 Å². The Labute approximate surface area is 186 Å². The van der Waals surface area contributed by atoms with Crippen LogP contribution in [0.3, 0.4) is 0 Å². The van der Waals surface area contributed by atoms with E-state index in [2.05, 4.69) is 9.97 Å². The third-order valence-corrected chi connectivity index (χ3v) is 6.40. The van der Waals surface area contributed by atoms with Crippen molar-refractivity contribution < 1.29 is 8.42 Å². The molecule has 0 saturated heterocycles. The van der Waals surface area contributed by atoms with Crippen molar-refractivity contribution in [3.63, 3.8) is 0 Å². The molecule has 0 saturated carbocycles. The second kappa shape index (κ2) is 7.69. The summed E-state index contributed by atoms with van der Waals surface area (Å²) >= 11 is 0. The van der Waals surface area contributed by atoms with E-state index in [4.69, 9.17) is 4.98 Å². The smallest absolute Gasteiger partial charge is 0.175 e. The predicted molar refractivity (Wildman–Crippen MR) is 125 cm³/mol. The van der Waals surface area contributed by atoms with Crippen LogP contribution in [0.4, 0.5) is 0 Å². The third-order valence-electron chi connectivity index (χ3n) is 5.27. The van der Waals surface area contributed by atoms with Crippen molar-refractivity contribution in [3.8, 4) is 33.9 Å². The summed E-state index contributed by atoms with van der Waals surface area (Å²) in [6.07, 6.45) is 4.94. The van der Waals surface area contributed by atoms with Gasteiger partial charge in [-0.3, -0.25) is 14.4 Å². The molecule has 0 unspecified atom stereocenters. The highest BCUT2D eigenvalue weighted by atomic mass is 32.2. The minimum atomic E-state index is -3.25. The number of aromatic nitrogens is 4. The maximum atomic E-state index is 11.8. The zero-order chi connectivity index (χ0) is 22.3. The van der Waals surface area contributed by atoms with Crippen molar-refractivity contribution >= 4 is 15.5 Å². The van der Waals surface area contributed by atoms with Crippen LogP contribution in [0.5, 0.6) is 0 Å². The van der Waals surface area contributed by atoms with Crippen LogP contribution in [0.25, 0.3) is 39.5 Å². The van der Waals surface area contributed by atoms with Crippen LogP contribution in [0.1, 0.15) is 5.69 Å². The highest BCUT2D eigenvalue weighted by Gasteiger charge is 2.18. The van der Waals surface area contributed by atoms with Gasteiger partial charge in [0.1, 0.15) is 11.3 Å². The predicted octanol–water partition coefficient (Wildman–Crippen LogP) is 4.84. The molecule has 7 heteroatoms. The van der Waals surface area contributed by atoms with Crippen LogP contribution < -0.4 is 0 Å². The lowest BCUT2D eigenvalue weighted by atomic mass is 10.0. The lowest BCUT2D eigenvalue weighted by Gasteiger charge is -2.08. The molecule has 0 bridgehead atoms. The van der Waals surface area contributed by atoms with Crippen molar-refractivity contribution in [1.82, 2.24) is 19.4 Å². The van der Waals surface area contributed by atoms with Gasteiger partial charge in [0.25, 0.3) is 0 Å². The molecule has 0 fully saturated rings. The quantitative estimate of drug-likeness (QED) is 0.400. The Balaban J connectivity index is 1.68. The molecule has 4 aromatic heterocycles. The number of pyridine rings is 3. The third kappa shape index (κ3) is 3.67. The van der Waals surface area contributed by atoms with Crippen LogP contribution in [0.2, 0.25) is 0 Å². The number of nitrogens with zero attached hydrogens (tertiary/aromatic N) is 4. The van der Waals surface area contributed by atoms with E-state index in [0.29, 0.717) is 0 Å². The Morgan fingerprint density at radius 3 is 2.38 bits per heavy atom. The van der Waals surface area contributed by atoms with Crippen molar-refractivity contribution in [2.75, 3.05) is 6.26 Å². The Morgan fingerprint density at radius 2 is 1.62 bits per heavy atom. The maximum absolute atomic E-state index is 11.8. The fourth-order valence-corrected chi connectivity index (χ4v) is 4.36. The van der Waals surface area contributed by atoms with Crippen LogP contribution in [-0.4, -0.2) is 34.0 Å². The first-order valence-corrected chi connectivity index (χ1v) is 12.0. The largest absolute Gasteiger partial charge is 0.299 e. The first-order valence-electron chi connectivity index (χ1n) is 10.1. The van der Waals surface area contributed by atoms with E-state index in [1.807, 2.05) is 66.1 Å². The second-order valence-electron chi connectivity index (χ2n) is 7.63. The van der Waals surface area contributed by atoms with Gasteiger partial charge in [-0.1, -0.05) is 24.3 Å². The summed E-state index contributed by atoms with van der Waals surface area (Å²) in [6.45, 7) is 1.96. The van der Waals surface area contributed by atoms with Gasteiger partial charge in [0.15, 0.2) is 9.84 Å².